The molecule has 64 heavy (non-hydrogen) atoms. The van der Waals surface area contributed by atoms with Gasteiger partial charge in [0, 0.05) is 37.5 Å². The number of hydrogen-bond acceptors (Lipinski definition) is 15. The second-order valence-corrected chi connectivity index (χ2v) is 15.8. The van der Waals surface area contributed by atoms with Gasteiger partial charge >= 0.3 is 0 Å². The van der Waals surface area contributed by atoms with Crippen LogP contribution in [0.5, 0.6) is 0 Å². The Kier molecular flexibility index (Phi) is 16.8. The molecule has 1 saturated heterocycles. The van der Waals surface area contributed by atoms with E-state index in [0.717, 1.165) is 23.8 Å². The third-order valence-corrected chi connectivity index (χ3v) is 10.6. The monoisotopic (exact) mass is 890 g/mol. The number of alkyl halides is 1. The first-order valence-corrected chi connectivity index (χ1v) is 21.2. The Balaban J connectivity index is 0.781. The average Bonchev–Trinajstić information content (AvgIpc) is 4.06. The summed E-state index contributed by atoms with van der Waals surface area (Å²) in [4.78, 5) is 72.4. The minimum atomic E-state index is -1.55. The number of nitrogens with one attached hydrogen (secondary N) is 4. The highest BCUT2D eigenvalue weighted by Crippen LogP contribution is 2.31. The van der Waals surface area contributed by atoms with E-state index >= 15 is 4.39 Å². The molecule has 18 nitrogen and oxygen atoms in total. The fourth-order valence-corrected chi connectivity index (χ4v) is 6.88. The highest BCUT2D eigenvalue weighted by Gasteiger charge is 2.45. The summed E-state index contributed by atoms with van der Waals surface area (Å²) in [6, 6.07) is 8.64. The molecule has 4 heterocycles. The molecule has 5 amide bonds. The summed E-state index contributed by atoms with van der Waals surface area (Å²) in [5.41, 5.74) is 0.709. The van der Waals surface area contributed by atoms with Crippen molar-refractivity contribution < 1.29 is 56.4 Å². The van der Waals surface area contributed by atoms with Crippen molar-refractivity contribution in [3.63, 3.8) is 0 Å². The molecule has 0 radical (unpaired) electrons. The van der Waals surface area contributed by atoms with Gasteiger partial charge in [-0.3, -0.25) is 34.2 Å². The SMILES string of the molecule is CC(C)(OCCOCCOCCOCCOCCCc1cccc2c1C(=O)N(C1CCC(=O)NC1=O)C2=O)C(F)CNC(=O)c1cnc(Nc2ncc(C#N)cc2F)cc1NC1CC1. The van der Waals surface area contributed by atoms with E-state index in [9.17, 15) is 28.4 Å². The van der Waals surface area contributed by atoms with Crippen molar-refractivity contribution in [3.05, 3.63) is 76.4 Å². The summed E-state index contributed by atoms with van der Waals surface area (Å²) in [5, 5.41) is 19.8. The van der Waals surface area contributed by atoms with Crippen LogP contribution in [-0.4, -0.2) is 134 Å². The maximum atomic E-state index is 15.3. The Bertz CT molecular complexity index is 2220. The number of amides is 5. The number of aromatic nitrogens is 2. The number of rotatable bonds is 26. The number of hydrogen-bond donors (Lipinski definition) is 4. The molecule has 342 valence electrons. The van der Waals surface area contributed by atoms with Crippen molar-refractivity contribution in [2.75, 3.05) is 76.6 Å². The van der Waals surface area contributed by atoms with Gasteiger partial charge in [-0.05, 0) is 63.6 Å². The van der Waals surface area contributed by atoms with Crippen LogP contribution in [0.4, 0.5) is 26.1 Å². The Morgan fingerprint density at radius 2 is 1.62 bits per heavy atom. The highest BCUT2D eigenvalue weighted by molar-refractivity contribution is 6.24. The molecule has 1 saturated carbocycles. The normalized spacial score (nSPS) is 16.6. The molecular weight excluding hydrogens is 839 g/mol. The molecule has 2 aromatic heterocycles. The lowest BCUT2D eigenvalue weighted by molar-refractivity contribution is -0.136. The molecule has 1 aliphatic carbocycles. The minimum Gasteiger partial charge on any atom is -0.382 e. The second-order valence-electron chi connectivity index (χ2n) is 15.8. The summed E-state index contributed by atoms with van der Waals surface area (Å²) in [5.74, 6) is -3.31. The van der Waals surface area contributed by atoms with E-state index in [4.69, 9.17) is 28.9 Å². The Hall–Kier alpha value is -5.98. The van der Waals surface area contributed by atoms with Gasteiger partial charge in [0.05, 0.1) is 92.9 Å². The van der Waals surface area contributed by atoms with Crippen molar-refractivity contribution in [2.24, 2.45) is 0 Å². The third-order valence-electron chi connectivity index (χ3n) is 10.6. The third kappa shape index (κ3) is 12.8. The van der Waals surface area contributed by atoms with Crippen molar-refractivity contribution in [2.45, 2.75) is 76.2 Å². The summed E-state index contributed by atoms with van der Waals surface area (Å²) in [6.07, 6.45) is 4.06. The number of piperidine rings is 1. The predicted octanol–water partition coefficient (Wildman–Crippen LogP) is 3.77. The van der Waals surface area contributed by atoms with E-state index in [1.807, 2.05) is 6.07 Å². The highest BCUT2D eigenvalue weighted by atomic mass is 19.1. The summed E-state index contributed by atoms with van der Waals surface area (Å²) >= 11 is 0. The molecule has 3 aromatic rings. The van der Waals surface area contributed by atoms with Crippen LogP contribution >= 0.6 is 0 Å². The number of fused-ring (bicyclic) bond motifs is 1. The molecule has 2 unspecified atom stereocenters. The molecule has 2 atom stereocenters. The number of halogens is 2. The van der Waals surface area contributed by atoms with Crippen LogP contribution in [0.15, 0.2) is 42.7 Å². The quantitative estimate of drug-likeness (QED) is 0.0664. The number of imide groups is 2. The number of pyridine rings is 2. The maximum Gasteiger partial charge on any atom is 0.262 e. The van der Waals surface area contributed by atoms with Crippen LogP contribution in [0.2, 0.25) is 0 Å². The number of nitrogens with zero attached hydrogens (tertiary/aromatic N) is 4. The van der Waals surface area contributed by atoms with Gasteiger partial charge in [0.1, 0.15) is 24.1 Å². The number of nitriles is 1. The zero-order valence-corrected chi connectivity index (χ0v) is 35.7. The fourth-order valence-electron chi connectivity index (χ4n) is 6.88. The molecule has 1 aromatic carbocycles. The zero-order chi connectivity index (χ0) is 45.6. The van der Waals surface area contributed by atoms with Crippen molar-refractivity contribution in [1.29, 1.82) is 5.26 Å². The van der Waals surface area contributed by atoms with Gasteiger partial charge in [-0.1, -0.05) is 12.1 Å². The molecule has 0 bridgehead atoms. The van der Waals surface area contributed by atoms with Gasteiger partial charge < -0.3 is 39.6 Å². The number of carbonyl (C=O) groups is 5. The van der Waals surface area contributed by atoms with Gasteiger partial charge in [0.15, 0.2) is 11.6 Å². The molecule has 3 aliphatic rings. The van der Waals surface area contributed by atoms with E-state index in [1.54, 1.807) is 38.1 Å². The standard InChI is InChI=1S/C44H52F2N8O10/c1-44(2,35(46)26-50-40(56)31-25-48-36(22-33(31)51-29-8-9-29)52-39-32(45)21-27(23-47)24-49-39)64-20-19-63-18-17-62-16-15-61-14-13-60-12-4-6-28-5-3-7-30-38(28)43(59)54(42(30)58)34-10-11-37(55)53-41(34)57/h3,5,7,21-22,24-25,29,34-35H,4,6,8-20,26H2,1-2H3,(H,50,56)(H,53,55,57)(H2,48,49,51,52). The van der Waals surface area contributed by atoms with Crippen LogP contribution < -0.4 is 21.3 Å². The van der Waals surface area contributed by atoms with E-state index in [-0.39, 0.29) is 67.0 Å². The Labute approximate surface area is 368 Å². The summed E-state index contributed by atoms with van der Waals surface area (Å²) < 4.78 is 57.7. The van der Waals surface area contributed by atoms with Crippen LogP contribution in [0.25, 0.3) is 0 Å². The number of carbonyl (C=O) groups excluding carboxylic acids is 5. The molecular formula is C44H52F2N8O10. The van der Waals surface area contributed by atoms with Crippen molar-refractivity contribution in [1.82, 2.24) is 25.5 Å². The number of ether oxygens (including phenoxy) is 5. The Morgan fingerprint density at radius 3 is 2.28 bits per heavy atom. The van der Waals surface area contributed by atoms with Crippen molar-refractivity contribution >= 4 is 46.9 Å². The first-order valence-electron chi connectivity index (χ1n) is 21.2. The number of aryl methyl sites for hydroxylation is 1. The van der Waals surface area contributed by atoms with Crippen molar-refractivity contribution in [3.8, 4) is 6.07 Å². The predicted molar refractivity (Wildman–Crippen MR) is 225 cm³/mol. The lowest BCUT2D eigenvalue weighted by Crippen LogP contribution is -2.54. The fraction of sp³-hybridized carbons (Fsp3) is 0.500. The lowest BCUT2D eigenvalue weighted by atomic mass is 9.99. The van der Waals surface area contributed by atoms with Gasteiger partial charge in [-0.2, -0.15) is 5.26 Å². The van der Waals surface area contributed by atoms with E-state index < -0.39 is 53.2 Å². The molecule has 20 heteroatoms. The first kappa shape index (κ1) is 47.5. The smallest absolute Gasteiger partial charge is 0.262 e. The molecule has 2 fully saturated rings. The topological polar surface area (TPSA) is 232 Å². The summed E-state index contributed by atoms with van der Waals surface area (Å²) in [6.45, 7) is 5.57. The number of anilines is 3. The van der Waals surface area contributed by atoms with Gasteiger partial charge in [0.25, 0.3) is 17.7 Å². The van der Waals surface area contributed by atoms with Crippen LogP contribution in [0.1, 0.15) is 88.2 Å². The van der Waals surface area contributed by atoms with Crippen LogP contribution in [0.3, 0.4) is 0 Å². The van der Waals surface area contributed by atoms with E-state index in [0.29, 0.717) is 75.9 Å². The lowest BCUT2D eigenvalue weighted by Gasteiger charge is -2.29. The largest absolute Gasteiger partial charge is 0.382 e. The van der Waals surface area contributed by atoms with Gasteiger partial charge in [-0.25, -0.2) is 18.7 Å². The molecule has 4 N–H and O–H groups in total. The van der Waals surface area contributed by atoms with Gasteiger partial charge in [0.2, 0.25) is 11.8 Å². The first-order chi connectivity index (χ1) is 30.9. The second kappa shape index (κ2) is 22.6. The zero-order valence-electron chi connectivity index (χ0n) is 35.7. The molecule has 6 rings (SSSR count). The molecule has 0 spiro atoms. The number of benzene rings is 1. The Morgan fingerprint density at radius 1 is 0.938 bits per heavy atom. The maximum absolute atomic E-state index is 15.3. The van der Waals surface area contributed by atoms with E-state index in [1.165, 1.54) is 12.4 Å². The average molecular weight is 891 g/mol. The molecule has 2 aliphatic heterocycles. The van der Waals surface area contributed by atoms with Gasteiger partial charge in [-0.15, -0.1) is 0 Å². The minimum absolute atomic E-state index is 0.0585. The summed E-state index contributed by atoms with van der Waals surface area (Å²) in [7, 11) is 0. The van der Waals surface area contributed by atoms with Crippen LogP contribution in [-0.2, 0) is 39.7 Å². The van der Waals surface area contributed by atoms with Crippen LogP contribution in [0, 0.1) is 17.1 Å². The van der Waals surface area contributed by atoms with E-state index in [2.05, 4.69) is 31.2 Å².